The van der Waals surface area contributed by atoms with Gasteiger partial charge in [0, 0.05) is 0 Å². The molecule has 3 nitrogen and oxygen atoms in total. The molecule has 48 valence electrons. The quantitative estimate of drug-likeness (QED) is 0.547. The number of aryl methyl sites for hydroxylation is 2. The molecular weight excluding hydrogens is 138 g/mol. The van der Waals surface area contributed by atoms with Crippen molar-refractivity contribution < 1.29 is 0 Å². The summed E-state index contributed by atoms with van der Waals surface area (Å²) in [5.41, 5.74) is 1.45. The van der Waals surface area contributed by atoms with E-state index < -0.39 is 0 Å². The van der Waals surface area contributed by atoms with Crippen molar-refractivity contribution in [3.05, 3.63) is 16.4 Å². The van der Waals surface area contributed by atoms with Gasteiger partial charge in [0.1, 0.15) is 0 Å². The Morgan fingerprint density at radius 2 is 1.56 bits per heavy atom. The van der Waals surface area contributed by atoms with Crippen LogP contribution in [0.3, 0.4) is 0 Å². The molecule has 0 saturated carbocycles. The van der Waals surface area contributed by atoms with Crippen LogP contribution in [0.1, 0.15) is 11.4 Å². The second-order valence-electron chi connectivity index (χ2n) is 1.77. The number of hydrogen-bond donors (Lipinski definition) is 0. The molecule has 0 amide bonds. The Balaban J connectivity index is 3.25. The van der Waals surface area contributed by atoms with Crippen molar-refractivity contribution in [2.45, 2.75) is 13.8 Å². The Morgan fingerprint density at radius 1 is 1.11 bits per heavy atom. The van der Waals surface area contributed by atoms with Gasteiger partial charge in [-0.3, -0.25) is 0 Å². The molecule has 0 fully saturated rings. The zero-order valence-electron chi connectivity index (χ0n) is 5.22. The molecule has 1 aromatic rings. The van der Waals surface area contributed by atoms with Crippen molar-refractivity contribution in [1.29, 1.82) is 0 Å². The number of aromatic nitrogens is 3. The van der Waals surface area contributed by atoms with Gasteiger partial charge in [0.15, 0.2) is 0 Å². The molecule has 0 atom stereocenters. The third kappa shape index (κ3) is 1.16. The van der Waals surface area contributed by atoms with Crippen molar-refractivity contribution in [1.82, 2.24) is 15.4 Å². The smallest absolute Gasteiger partial charge is 0.0868 e. The highest BCUT2D eigenvalue weighted by Crippen LogP contribution is 2.12. The van der Waals surface area contributed by atoms with E-state index >= 15 is 0 Å². The number of nitrogens with zero attached hydrogens (tertiary/aromatic N) is 3. The van der Waals surface area contributed by atoms with E-state index in [1.807, 2.05) is 0 Å². The molecule has 1 aromatic heterocycles. The molecule has 0 aliphatic heterocycles. The molecule has 0 aliphatic carbocycles. The van der Waals surface area contributed by atoms with Gasteiger partial charge in [0.25, 0.3) is 0 Å². The summed E-state index contributed by atoms with van der Waals surface area (Å²) in [4.78, 5) is 0. The Hall–Kier alpha value is -0.700. The number of rotatable bonds is 0. The van der Waals surface area contributed by atoms with Crippen molar-refractivity contribution in [2.75, 3.05) is 0 Å². The monoisotopic (exact) mass is 143 g/mol. The highest BCUT2D eigenvalue weighted by atomic mass is 35.5. The topological polar surface area (TPSA) is 38.7 Å². The number of hydrogen-bond acceptors (Lipinski definition) is 3. The fourth-order valence-electron chi connectivity index (χ4n) is 0.506. The van der Waals surface area contributed by atoms with Crippen LogP contribution >= 0.6 is 11.6 Å². The summed E-state index contributed by atoms with van der Waals surface area (Å²) < 4.78 is 0. The van der Waals surface area contributed by atoms with Crippen LogP contribution in [-0.2, 0) is 0 Å². The van der Waals surface area contributed by atoms with Gasteiger partial charge in [0.2, 0.25) is 0 Å². The average Bonchev–Trinajstić information content (AvgIpc) is 1.83. The zero-order valence-corrected chi connectivity index (χ0v) is 5.98. The van der Waals surface area contributed by atoms with Gasteiger partial charge in [-0.25, -0.2) is 0 Å². The Kier molecular flexibility index (Phi) is 1.62. The van der Waals surface area contributed by atoms with Crippen molar-refractivity contribution in [3.63, 3.8) is 0 Å². The van der Waals surface area contributed by atoms with Gasteiger partial charge in [0.05, 0.1) is 16.4 Å². The van der Waals surface area contributed by atoms with Crippen LogP contribution in [0, 0.1) is 13.8 Å². The van der Waals surface area contributed by atoms with Crippen LogP contribution in [0.2, 0.25) is 5.02 Å². The van der Waals surface area contributed by atoms with Crippen LogP contribution in [0.15, 0.2) is 0 Å². The first-order valence-electron chi connectivity index (χ1n) is 2.54. The van der Waals surface area contributed by atoms with Crippen LogP contribution < -0.4 is 0 Å². The molecule has 0 spiro atoms. The molecule has 0 aliphatic rings. The third-order valence-corrected chi connectivity index (χ3v) is 1.57. The molecule has 0 unspecified atom stereocenters. The SMILES string of the molecule is Cc1nnnc(C)c1Cl. The molecule has 0 radical (unpaired) electrons. The van der Waals surface area contributed by atoms with Gasteiger partial charge < -0.3 is 0 Å². The molecule has 1 rings (SSSR count). The largest absolute Gasteiger partial charge is 0.134 e. The first-order chi connectivity index (χ1) is 4.22. The minimum atomic E-state index is 0.602. The lowest BCUT2D eigenvalue weighted by Crippen LogP contribution is -1.94. The Morgan fingerprint density at radius 3 is 1.89 bits per heavy atom. The van der Waals surface area contributed by atoms with E-state index in [2.05, 4.69) is 15.4 Å². The van der Waals surface area contributed by atoms with E-state index in [1.54, 1.807) is 13.8 Å². The van der Waals surface area contributed by atoms with E-state index in [0.717, 1.165) is 11.4 Å². The maximum absolute atomic E-state index is 5.71. The summed E-state index contributed by atoms with van der Waals surface area (Å²) in [5, 5.41) is 11.4. The predicted molar refractivity (Wildman–Crippen MR) is 34.3 cm³/mol. The maximum Gasteiger partial charge on any atom is 0.0868 e. The molecule has 0 bridgehead atoms. The number of halogens is 1. The minimum absolute atomic E-state index is 0.602. The van der Waals surface area contributed by atoms with E-state index in [1.165, 1.54) is 0 Å². The summed E-state index contributed by atoms with van der Waals surface area (Å²) in [6.07, 6.45) is 0. The van der Waals surface area contributed by atoms with E-state index in [4.69, 9.17) is 11.6 Å². The Bertz CT molecular complexity index is 203. The van der Waals surface area contributed by atoms with Crippen molar-refractivity contribution in [2.24, 2.45) is 0 Å². The van der Waals surface area contributed by atoms with Crippen molar-refractivity contribution >= 4 is 11.6 Å². The summed E-state index contributed by atoms with van der Waals surface area (Å²) >= 11 is 5.71. The van der Waals surface area contributed by atoms with Crippen molar-refractivity contribution in [3.8, 4) is 0 Å². The van der Waals surface area contributed by atoms with E-state index in [9.17, 15) is 0 Å². The fourth-order valence-corrected chi connectivity index (χ4v) is 0.582. The molecule has 0 saturated heterocycles. The Labute approximate surface area is 58.1 Å². The highest BCUT2D eigenvalue weighted by molar-refractivity contribution is 6.31. The van der Waals surface area contributed by atoms with Gasteiger partial charge in [-0.15, -0.1) is 10.2 Å². The maximum atomic E-state index is 5.71. The lowest BCUT2D eigenvalue weighted by atomic mass is 10.4. The summed E-state index contributed by atoms with van der Waals surface area (Å²) in [6, 6.07) is 0. The molecule has 9 heavy (non-hydrogen) atoms. The second-order valence-corrected chi connectivity index (χ2v) is 2.15. The average molecular weight is 144 g/mol. The lowest BCUT2D eigenvalue weighted by molar-refractivity contribution is 0.816. The highest BCUT2D eigenvalue weighted by Gasteiger charge is 1.99. The van der Waals surface area contributed by atoms with Gasteiger partial charge in [-0.2, -0.15) is 0 Å². The fraction of sp³-hybridized carbons (Fsp3) is 0.400. The summed E-state index contributed by atoms with van der Waals surface area (Å²) in [6.45, 7) is 3.59. The lowest BCUT2D eigenvalue weighted by Gasteiger charge is -1.94. The third-order valence-electron chi connectivity index (χ3n) is 1.02. The van der Waals surface area contributed by atoms with E-state index in [-0.39, 0.29) is 0 Å². The van der Waals surface area contributed by atoms with Crippen LogP contribution in [0.5, 0.6) is 0 Å². The minimum Gasteiger partial charge on any atom is -0.134 e. The van der Waals surface area contributed by atoms with Crippen LogP contribution in [0.25, 0.3) is 0 Å². The standard InChI is InChI=1S/C5H6ClN3/c1-3-5(6)4(2)8-9-7-3/h1-2H3. The van der Waals surface area contributed by atoms with Gasteiger partial charge >= 0.3 is 0 Å². The van der Waals surface area contributed by atoms with Crippen LogP contribution in [0.4, 0.5) is 0 Å². The molecule has 0 N–H and O–H groups in total. The van der Waals surface area contributed by atoms with Gasteiger partial charge in [-0.05, 0) is 19.1 Å². The molecule has 4 heteroatoms. The predicted octanol–water partition coefficient (Wildman–Crippen LogP) is 1.14. The molecule has 0 aromatic carbocycles. The summed E-state index contributed by atoms with van der Waals surface area (Å²) in [7, 11) is 0. The molecular formula is C5H6ClN3. The van der Waals surface area contributed by atoms with Gasteiger partial charge in [-0.1, -0.05) is 11.6 Å². The second kappa shape index (κ2) is 2.27. The van der Waals surface area contributed by atoms with Crippen LogP contribution in [-0.4, -0.2) is 15.4 Å². The molecule has 1 heterocycles. The first-order valence-corrected chi connectivity index (χ1v) is 2.91. The van der Waals surface area contributed by atoms with E-state index in [0.29, 0.717) is 5.02 Å². The zero-order chi connectivity index (χ0) is 6.85. The first kappa shape index (κ1) is 6.42. The summed E-state index contributed by atoms with van der Waals surface area (Å²) in [5.74, 6) is 0. The normalized spacial score (nSPS) is 9.67.